The van der Waals surface area contributed by atoms with E-state index in [2.05, 4.69) is 18.5 Å². The molecule has 3 atom stereocenters. The normalized spacial score (nSPS) is 12.9. The molecule has 0 saturated carbocycles. The Bertz CT molecular complexity index is 1150. The minimum atomic E-state index is -1.67. The first-order valence-electron chi connectivity index (χ1n) is 14.6. The van der Waals surface area contributed by atoms with Crippen molar-refractivity contribution in [2.24, 2.45) is 23.2 Å². The van der Waals surface area contributed by atoms with Crippen molar-refractivity contribution in [1.82, 2.24) is 5.32 Å². The zero-order valence-electron chi connectivity index (χ0n) is 27.4. The van der Waals surface area contributed by atoms with Gasteiger partial charge >= 0.3 is 23.9 Å². The van der Waals surface area contributed by atoms with Crippen LogP contribution in [0.25, 0.3) is 0 Å². The number of hydrogen-bond donors (Lipinski definition) is 1. The summed E-state index contributed by atoms with van der Waals surface area (Å²) in [4.78, 5) is 96.8. The molecule has 0 aromatic carbocycles. The Hall–Kier alpha value is -4.16. The number of carbonyl (C=O) groups is 8. The lowest BCUT2D eigenvalue weighted by atomic mass is 9.81. The molecule has 0 fully saturated rings. The second kappa shape index (κ2) is 20.0. The molecular weight excluding hydrogens is 590 g/mol. The van der Waals surface area contributed by atoms with Gasteiger partial charge in [-0.25, -0.2) is 9.59 Å². The quantitative estimate of drug-likeness (QED) is 0.0602. The summed E-state index contributed by atoms with van der Waals surface area (Å²) in [6.07, 6.45) is 1.56. The fourth-order valence-electron chi connectivity index (χ4n) is 4.26. The maximum atomic E-state index is 12.7. The van der Waals surface area contributed by atoms with Gasteiger partial charge in [0.2, 0.25) is 5.91 Å². The highest BCUT2D eigenvalue weighted by Gasteiger charge is 2.35. The van der Waals surface area contributed by atoms with Crippen LogP contribution in [0.4, 0.5) is 0 Å². The van der Waals surface area contributed by atoms with Crippen molar-refractivity contribution >= 4 is 47.1 Å². The Morgan fingerprint density at radius 2 is 1.11 bits per heavy atom. The monoisotopic (exact) mass is 637 g/mol. The Morgan fingerprint density at radius 3 is 1.53 bits per heavy atom. The van der Waals surface area contributed by atoms with Crippen molar-refractivity contribution < 1.29 is 57.3 Å². The van der Waals surface area contributed by atoms with Gasteiger partial charge in [0.05, 0.1) is 0 Å². The first-order chi connectivity index (χ1) is 20.8. The molecule has 1 amide bonds. The maximum Gasteiger partial charge on any atom is 0.333 e. The Balaban J connectivity index is 4.77. The number of amides is 1. The predicted octanol–water partition coefficient (Wildman–Crippen LogP) is 2.63. The molecule has 0 bridgehead atoms. The lowest BCUT2D eigenvalue weighted by Gasteiger charge is -2.29. The van der Waals surface area contributed by atoms with Gasteiger partial charge in [0, 0.05) is 24.1 Å². The summed E-state index contributed by atoms with van der Waals surface area (Å²) in [6.45, 7) is 16.7. The predicted molar refractivity (Wildman–Crippen MR) is 161 cm³/mol. The van der Waals surface area contributed by atoms with Gasteiger partial charge in [0.25, 0.3) is 0 Å². The Labute approximate surface area is 264 Å². The number of rotatable bonds is 22. The molecule has 252 valence electrons. The third-order valence-corrected chi connectivity index (χ3v) is 6.45. The summed E-state index contributed by atoms with van der Waals surface area (Å²) in [7, 11) is 0. The molecule has 0 radical (unpaired) electrons. The molecule has 0 aromatic heterocycles. The standard InChI is InChI=1S/C32H47NO12/c1-19(2)28(38)42-13-15-44-30(40)25(22(6)34)24(36)12-10-11-21(5)17-32(8,9)18-33-27(37)26(23(7)35)31(41)45-16-14-43-29(39)20(3)4/h21,25-26H,1,3,10-18H2,2,4-9H3,(H,33,37). The molecule has 0 spiro atoms. The minimum absolute atomic E-state index is 0.0275. The highest BCUT2D eigenvalue weighted by molar-refractivity contribution is 6.17. The van der Waals surface area contributed by atoms with E-state index in [0.717, 1.165) is 13.8 Å². The van der Waals surface area contributed by atoms with E-state index in [1.807, 2.05) is 20.8 Å². The van der Waals surface area contributed by atoms with E-state index in [1.165, 1.54) is 13.8 Å². The molecule has 45 heavy (non-hydrogen) atoms. The van der Waals surface area contributed by atoms with Gasteiger partial charge in [-0.05, 0) is 51.9 Å². The summed E-state index contributed by atoms with van der Waals surface area (Å²) in [6, 6.07) is 0. The maximum absolute atomic E-state index is 12.7. The topological polar surface area (TPSA) is 186 Å². The van der Waals surface area contributed by atoms with Crippen LogP contribution in [-0.4, -0.2) is 80.1 Å². The van der Waals surface area contributed by atoms with Crippen molar-refractivity contribution in [3.63, 3.8) is 0 Å². The van der Waals surface area contributed by atoms with Crippen LogP contribution >= 0.6 is 0 Å². The van der Waals surface area contributed by atoms with E-state index in [4.69, 9.17) is 18.9 Å². The van der Waals surface area contributed by atoms with E-state index in [9.17, 15) is 38.4 Å². The van der Waals surface area contributed by atoms with Crippen molar-refractivity contribution in [3.8, 4) is 0 Å². The number of ether oxygens (including phenoxy) is 4. The lowest BCUT2D eigenvalue weighted by Crippen LogP contribution is -2.44. The van der Waals surface area contributed by atoms with E-state index >= 15 is 0 Å². The van der Waals surface area contributed by atoms with E-state index < -0.39 is 64.4 Å². The van der Waals surface area contributed by atoms with Crippen LogP contribution < -0.4 is 5.32 Å². The summed E-state index contributed by atoms with van der Waals surface area (Å²) in [5, 5.41) is 2.63. The number of Topliss-reactive ketones (excluding diaryl/α,β-unsaturated/α-hetero) is 3. The van der Waals surface area contributed by atoms with Gasteiger partial charge in [-0.15, -0.1) is 0 Å². The fourth-order valence-corrected chi connectivity index (χ4v) is 4.26. The summed E-state index contributed by atoms with van der Waals surface area (Å²) >= 11 is 0. The average molecular weight is 638 g/mol. The summed E-state index contributed by atoms with van der Waals surface area (Å²) in [5.41, 5.74) is -0.108. The van der Waals surface area contributed by atoms with Gasteiger partial charge in [0.1, 0.15) is 26.4 Å². The number of carbonyl (C=O) groups excluding carboxylic acids is 8. The smallest absolute Gasteiger partial charge is 0.333 e. The van der Waals surface area contributed by atoms with Gasteiger partial charge in [-0.2, -0.15) is 0 Å². The van der Waals surface area contributed by atoms with Gasteiger partial charge in [-0.1, -0.05) is 40.3 Å². The third-order valence-electron chi connectivity index (χ3n) is 6.45. The van der Waals surface area contributed by atoms with Gasteiger partial charge in [-0.3, -0.25) is 28.8 Å². The van der Waals surface area contributed by atoms with Crippen molar-refractivity contribution in [1.29, 1.82) is 0 Å². The van der Waals surface area contributed by atoms with Crippen molar-refractivity contribution in [3.05, 3.63) is 24.3 Å². The number of ketones is 3. The molecule has 13 heteroatoms. The molecule has 0 aliphatic heterocycles. The van der Waals surface area contributed by atoms with Crippen LogP contribution in [0.1, 0.15) is 74.1 Å². The SMILES string of the molecule is C=C(C)C(=O)OCCOC(=O)C(C(C)=O)C(=O)CCCC(C)CC(C)(C)CNC(=O)C(C(C)=O)C(=O)OCCOC(=O)C(=C)C. The number of nitrogens with one attached hydrogen (secondary N) is 1. The van der Waals surface area contributed by atoms with E-state index in [-0.39, 0.29) is 56.5 Å². The highest BCUT2D eigenvalue weighted by atomic mass is 16.6. The largest absolute Gasteiger partial charge is 0.461 e. The molecule has 13 nitrogen and oxygen atoms in total. The van der Waals surface area contributed by atoms with Crippen LogP contribution in [-0.2, 0) is 57.3 Å². The average Bonchev–Trinajstić information content (AvgIpc) is 2.91. The Morgan fingerprint density at radius 1 is 0.689 bits per heavy atom. The molecule has 0 aromatic rings. The van der Waals surface area contributed by atoms with Crippen LogP contribution in [0.15, 0.2) is 24.3 Å². The molecule has 0 aliphatic rings. The number of hydrogen-bond acceptors (Lipinski definition) is 12. The minimum Gasteiger partial charge on any atom is -0.461 e. The summed E-state index contributed by atoms with van der Waals surface area (Å²) < 4.78 is 19.5. The molecule has 0 saturated heterocycles. The molecule has 0 aliphatic carbocycles. The molecular formula is C32H47NO12. The first kappa shape index (κ1) is 40.8. The lowest BCUT2D eigenvalue weighted by molar-refractivity contribution is -0.159. The first-order valence-corrected chi connectivity index (χ1v) is 14.6. The van der Waals surface area contributed by atoms with Crippen molar-refractivity contribution in [2.45, 2.75) is 74.1 Å². The van der Waals surface area contributed by atoms with E-state index in [1.54, 1.807) is 0 Å². The van der Waals surface area contributed by atoms with Gasteiger partial charge in [0.15, 0.2) is 29.2 Å². The molecule has 3 unspecified atom stereocenters. The summed E-state index contributed by atoms with van der Waals surface area (Å²) in [5.74, 6) is -9.25. The van der Waals surface area contributed by atoms with Crippen LogP contribution in [0, 0.1) is 23.2 Å². The zero-order valence-corrected chi connectivity index (χ0v) is 27.4. The van der Waals surface area contributed by atoms with Crippen LogP contribution in [0.2, 0.25) is 0 Å². The fraction of sp³-hybridized carbons (Fsp3) is 0.625. The third kappa shape index (κ3) is 16.5. The van der Waals surface area contributed by atoms with Crippen molar-refractivity contribution in [2.75, 3.05) is 33.0 Å². The second-order valence-electron chi connectivity index (χ2n) is 11.8. The molecule has 0 rings (SSSR count). The zero-order chi connectivity index (χ0) is 34.9. The molecule has 0 heterocycles. The number of esters is 4. The van der Waals surface area contributed by atoms with E-state index in [0.29, 0.717) is 19.3 Å². The van der Waals surface area contributed by atoms with Crippen LogP contribution in [0.5, 0.6) is 0 Å². The van der Waals surface area contributed by atoms with Gasteiger partial charge < -0.3 is 24.3 Å². The van der Waals surface area contributed by atoms with Crippen LogP contribution in [0.3, 0.4) is 0 Å². The Kier molecular flexibility index (Phi) is 18.1. The highest BCUT2D eigenvalue weighted by Crippen LogP contribution is 2.28. The molecule has 1 N–H and O–H groups in total. The second-order valence-corrected chi connectivity index (χ2v) is 11.8.